The largest absolute Gasteiger partial charge is 0.334 e. The van der Waals surface area contributed by atoms with E-state index in [9.17, 15) is 4.79 Å². The molecule has 2 aromatic carbocycles. The van der Waals surface area contributed by atoms with Crippen molar-refractivity contribution in [1.82, 2.24) is 10.1 Å². The zero-order valence-electron chi connectivity index (χ0n) is 14.2. The molecular weight excluding hydrogens is 302 g/mol. The molecule has 1 amide bonds. The first kappa shape index (κ1) is 15.9. The third-order valence-electron chi connectivity index (χ3n) is 3.76. The number of amides is 1. The van der Waals surface area contributed by atoms with Gasteiger partial charge in [0.25, 0.3) is 5.89 Å². The summed E-state index contributed by atoms with van der Waals surface area (Å²) in [5.41, 5.74) is 5.90. The Morgan fingerprint density at radius 1 is 1.08 bits per heavy atom. The van der Waals surface area contributed by atoms with E-state index < -0.39 is 0 Å². The van der Waals surface area contributed by atoms with Gasteiger partial charge in [-0.05, 0) is 50.1 Å². The smallest absolute Gasteiger partial charge is 0.258 e. The lowest BCUT2D eigenvalue weighted by molar-refractivity contribution is -0.114. The number of carbonyl (C=O) groups is 1. The van der Waals surface area contributed by atoms with E-state index in [1.165, 1.54) is 12.5 Å². The number of carbonyl (C=O) groups excluding carboxylic acids is 1. The van der Waals surface area contributed by atoms with Crippen molar-refractivity contribution in [2.75, 3.05) is 5.32 Å². The molecule has 0 saturated carbocycles. The molecule has 0 aliphatic carbocycles. The predicted molar refractivity (Wildman–Crippen MR) is 93.7 cm³/mol. The molecule has 3 aromatic rings. The first-order valence-corrected chi connectivity index (χ1v) is 7.74. The summed E-state index contributed by atoms with van der Waals surface area (Å²) in [5.74, 6) is 0.880. The molecule has 1 aromatic heterocycles. The van der Waals surface area contributed by atoms with Gasteiger partial charge in [-0.25, -0.2) is 0 Å². The van der Waals surface area contributed by atoms with Crippen molar-refractivity contribution in [3.8, 4) is 22.8 Å². The summed E-state index contributed by atoms with van der Waals surface area (Å²) < 4.78 is 5.43. The summed E-state index contributed by atoms with van der Waals surface area (Å²) in [6.45, 7) is 7.63. The fourth-order valence-corrected chi connectivity index (χ4v) is 2.91. The van der Waals surface area contributed by atoms with Gasteiger partial charge in [0.1, 0.15) is 0 Å². The van der Waals surface area contributed by atoms with Gasteiger partial charge >= 0.3 is 0 Å². The number of rotatable bonds is 3. The van der Waals surface area contributed by atoms with Crippen LogP contribution in [0.1, 0.15) is 23.6 Å². The highest BCUT2D eigenvalue weighted by Gasteiger charge is 2.15. The lowest BCUT2D eigenvalue weighted by Crippen LogP contribution is -2.05. The number of nitrogens with one attached hydrogen (secondary N) is 1. The van der Waals surface area contributed by atoms with E-state index in [1.54, 1.807) is 0 Å². The van der Waals surface area contributed by atoms with Crippen LogP contribution >= 0.6 is 0 Å². The first-order valence-electron chi connectivity index (χ1n) is 7.74. The van der Waals surface area contributed by atoms with Crippen molar-refractivity contribution < 1.29 is 9.32 Å². The molecule has 0 bridgehead atoms. The van der Waals surface area contributed by atoms with Gasteiger partial charge in [-0.3, -0.25) is 4.79 Å². The molecule has 5 heteroatoms. The molecule has 122 valence electrons. The van der Waals surface area contributed by atoms with Gasteiger partial charge < -0.3 is 9.84 Å². The minimum absolute atomic E-state index is 0.121. The zero-order chi connectivity index (χ0) is 17.3. The summed E-state index contributed by atoms with van der Waals surface area (Å²) in [6.07, 6.45) is 0. The molecule has 0 radical (unpaired) electrons. The molecule has 0 aliphatic heterocycles. The van der Waals surface area contributed by atoms with Crippen LogP contribution in [-0.2, 0) is 4.79 Å². The van der Waals surface area contributed by atoms with Crippen LogP contribution in [0.5, 0.6) is 0 Å². The second-order valence-corrected chi connectivity index (χ2v) is 5.96. The first-order chi connectivity index (χ1) is 11.4. The van der Waals surface area contributed by atoms with Gasteiger partial charge in [0.15, 0.2) is 0 Å². The monoisotopic (exact) mass is 321 g/mol. The van der Waals surface area contributed by atoms with Crippen LogP contribution < -0.4 is 5.32 Å². The normalized spacial score (nSPS) is 10.7. The molecule has 5 nitrogen and oxygen atoms in total. The SMILES string of the molecule is CC(=O)Nc1cccc(-c2nc(-c3c(C)cc(C)cc3C)no2)c1. The molecule has 0 atom stereocenters. The van der Waals surface area contributed by atoms with Gasteiger partial charge in [-0.15, -0.1) is 0 Å². The molecule has 24 heavy (non-hydrogen) atoms. The Hall–Kier alpha value is -2.95. The lowest BCUT2D eigenvalue weighted by Gasteiger charge is -2.07. The van der Waals surface area contributed by atoms with Crippen molar-refractivity contribution in [1.29, 1.82) is 0 Å². The molecule has 1 N–H and O–H groups in total. The third kappa shape index (κ3) is 3.20. The topological polar surface area (TPSA) is 68.0 Å². The van der Waals surface area contributed by atoms with Crippen LogP contribution in [0.2, 0.25) is 0 Å². The number of anilines is 1. The summed E-state index contributed by atoms with van der Waals surface area (Å²) in [7, 11) is 0. The van der Waals surface area contributed by atoms with Crippen molar-refractivity contribution in [2.24, 2.45) is 0 Å². The van der Waals surface area contributed by atoms with Crippen LogP contribution in [0.15, 0.2) is 40.9 Å². The molecule has 3 rings (SSSR count). The highest BCUT2D eigenvalue weighted by molar-refractivity contribution is 5.89. The lowest BCUT2D eigenvalue weighted by atomic mass is 9.99. The Bertz CT molecular complexity index is 889. The van der Waals surface area contributed by atoms with E-state index in [1.807, 2.05) is 38.1 Å². The van der Waals surface area contributed by atoms with Gasteiger partial charge in [-0.2, -0.15) is 4.98 Å². The highest BCUT2D eigenvalue weighted by atomic mass is 16.5. The fraction of sp³-hybridized carbons (Fsp3) is 0.211. The quantitative estimate of drug-likeness (QED) is 0.781. The standard InChI is InChI=1S/C19H19N3O2/c1-11-8-12(2)17(13(3)9-11)18-21-19(24-22-18)15-6-5-7-16(10-15)20-14(4)23/h5-10H,1-4H3,(H,20,23). The minimum atomic E-state index is -0.121. The van der Waals surface area contributed by atoms with Crippen molar-refractivity contribution in [2.45, 2.75) is 27.7 Å². The van der Waals surface area contributed by atoms with E-state index in [4.69, 9.17) is 4.52 Å². The molecule has 0 aliphatic rings. The Morgan fingerprint density at radius 3 is 2.46 bits per heavy atom. The van der Waals surface area contributed by atoms with Crippen LogP contribution in [0.3, 0.4) is 0 Å². The number of benzene rings is 2. The molecule has 0 saturated heterocycles. The van der Waals surface area contributed by atoms with Crippen molar-refractivity contribution in [3.05, 3.63) is 53.1 Å². The second-order valence-electron chi connectivity index (χ2n) is 5.96. The van der Waals surface area contributed by atoms with Gasteiger partial charge in [0.05, 0.1) is 0 Å². The third-order valence-corrected chi connectivity index (χ3v) is 3.76. The fourth-order valence-electron chi connectivity index (χ4n) is 2.91. The van der Waals surface area contributed by atoms with Crippen LogP contribution in [0.4, 0.5) is 5.69 Å². The molecule has 0 unspecified atom stereocenters. The van der Waals surface area contributed by atoms with Gasteiger partial charge in [0.2, 0.25) is 11.7 Å². The number of aryl methyl sites for hydroxylation is 3. The maximum absolute atomic E-state index is 11.2. The van der Waals surface area contributed by atoms with Crippen molar-refractivity contribution in [3.63, 3.8) is 0 Å². The van der Waals surface area contributed by atoms with E-state index >= 15 is 0 Å². The average Bonchev–Trinajstić information content (AvgIpc) is 2.95. The van der Waals surface area contributed by atoms with E-state index in [0.717, 1.165) is 22.3 Å². The Labute approximate surface area is 140 Å². The number of hydrogen-bond donors (Lipinski definition) is 1. The predicted octanol–water partition coefficient (Wildman–Crippen LogP) is 4.29. The molecule has 0 spiro atoms. The molecular formula is C19H19N3O2. The Morgan fingerprint density at radius 2 is 1.79 bits per heavy atom. The second kappa shape index (κ2) is 6.28. The summed E-state index contributed by atoms with van der Waals surface area (Å²) in [4.78, 5) is 15.7. The Balaban J connectivity index is 1.99. The number of hydrogen-bond acceptors (Lipinski definition) is 4. The van der Waals surface area contributed by atoms with Gasteiger partial charge in [-0.1, -0.05) is 28.9 Å². The Kier molecular flexibility index (Phi) is 4.16. The van der Waals surface area contributed by atoms with Crippen LogP contribution in [-0.4, -0.2) is 16.0 Å². The van der Waals surface area contributed by atoms with E-state index in [0.29, 0.717) is 17.4 Å². The van der Waals surface area contributed by atoms with E-state index in [-0.39, 0.29) is 5.91 Å². The highest BCUT2D eigenvalue weighted by Crippen LogP contribution is 2.29. The van der Waals surface area contributed by atoms with Gasteiger partial charge in [0, 0.05) is 23.7 Å². The van der Waals surface area contributed by atoms with Crippen LogP contribution in [0.25, 0.3) is 22.8 Å². The summed E-state index contributed by atoms with van der Waals surface area (Å²) in [5, 5.41) is 6.88. The average molecular weight is 321 g/mol. The van der Waals surface area contributed by atoms with E-state index in [2.05, 4.69) is 34.5 Å². The summed E-state index contributed by atoms with van der Waals surface area (Å²) >= 11 is 0. The minimum Gasteiger partial charge on any atom is -0.334 e. The summed E-state index contributed by atoms with van der Waals surface area (Å²) in [6, 6.07) is 11.6. The molecule has 0 fully saturated rings. The van der Waals surface area contributed by atoms with Crippen LogP contribution in [0, 0.1) is 20.8 Å². The maximum atomic E-state index is 11.2. The number of aromatic nitrogens is 2. The maximum Gasteiger partial charge on any atom is 0.258 e. The number of nitrogens with zero attached hydrogens (tertiary/aromatic N) is 2. The zero-order valence-corrected chi connectivity index (χ0v) is 14.2. The van der Waals surface area contributed by atoms with Crippen molar-refractivity contribution >= 4 is 11.6 Å². The molecule has 1 heterocycles.